The van der Waals surface area contributed by atoms with Gasteiger partial charge in [0.25, 0.3) is 0 Å². The Morgan fingerprint density at radius 3 is 2.89 bits per heavy atom. The Bertz CT molecular complexity index is 1610. The summed E-state index contributed by atoms with van der Waals surface area (Å²) in [4.78, 5) is 15.2. The topological polar surface area (TPSA) is 98.9 Å². The normalized spacial score (nSPS) is 16.9. The van der Waals surface area contributed by atoms with Crippen LogP contribution in [0.3, 0.4) is 0 Å². The Labute approximate surface area is 204 Å². The van der Waals surface area contributed by atoms with E-state index in [1.807, 2.05) is 12.1 Å². The van der Waals surface area contributed by atoms with E-state index in [9.17, 15) is 0 Å². The van der Waals surface area contributed by atoms with Crippen LogP contribution in [0.25, 0.3) is 16.6 Å². The summed E-state index contributed by atoms with van der Waals surface area (Å²) in [7, 11) is 0. The van der Waals surface area contributed by atoms with Crippen LogP contribution in [0.5, 0.6) is 17.2 Å². The lowest BCUT2D eigenvalue weighted by Crippen LogP contribution is -2.51. The molecule has 1 N–H and O–H groups in total. The number of hydrogen-bond acceptors (Lipinski definition) is 9. The van der Waals surface area contributed by atoms with Gasteiger partial charge in [-0.15, -0.1) is 0 Å². The minimum atomic E-state index is -0.484. The number of benzene rings is 2. The molecule has 7 rings (SSSR count). The fourth-order valence-electron chi connectivity index (χ4n) is 4.65. The number of ether oxygens (including phenoxy) is 3. The Balaban J connectivity index is 1.20. The molecule has 11 heteroatoms. The molecule has 3 aromatic heterocycles. The largest absolute Gasteiger partial charge is 0.488 e. The van der Waals surface area contributed by atoms with Crippen molar-refractivity contribution in [1.82, 2.24) is 24.6 Å². The van der Waals surface area contributed by atoms with Crippen LogP contribution in [0.4, 0.5) is 21.6 Å². The molecule has 1 fully saturated rings. The van der Waals surface area contributed by atoms with Crippen molar-refractivity contribution in [3.8, 4) is 17.2 Å². The van der Waals surface area contributed by atoms with Crippen LogP contribution < -0.4 is 19.7 Å². The molecule has 2 aromatic carbocycles. The number of nitrogens with zero attached hydrogens (tertiary/aromatic N) is 6. The summed E-state index contributed by atoms with van der Waals surface area (Å²) in [6.07, 6.45) is 4.64. The highest BCUT2D eigenvalue weighted by atomic mass is 19.1. The third kappa shape index (κ3) is 3.52. The zero-order chi connectivity index (χ0) is 24.1. The van der Waals surface area contributed by atoms with Crippen molar-refractivity contribution in [2.24, 2.45) is 0 Å². The van der Waals surface area contributed by atoms with E-state index in [0.29, 0.717) is 59.4 Å². The van der Waals surface area contributed by atoms with E-state index in [1.54, 1.807) is 35.0 Å². The second-order valence-corrected chi connectivity index (χ2v) is 8.56. The van der Waals surface area contributed by atoms with Gasteiger partial charge < -0.3 is 24.4 Å². The molecule has 36 heavy (non-hydrogen) atoms. The molecule has 1 saturated heterocycles. The number of fused-ring (bicyclic) bond motifs is 6. The number of hydrogen-bond donors (Lipinski definition) is 1. The van der Waals surface area contributed by atoms with E-state index in [4.69, 9.17) is 14.2 Å². The van der Waals surface area contributed by atoms with E-state index < -0.39 is 5.82 Å². The summed E-state index contributed by atoms with van der Waals surface area (Å²) in [6.45, 7) is 2.57. The van der Waals surface area contributed by atoms with Crippen molar-refractivity contribution in [3.05, 3.63) is 67.1 Å². The molecule has 0 amide bonds. The molecule has 1 unspecified atom stereocenters. The third-order valence-electron chi connectivity index (χ3n) is 6.37. The van der Waals surface area contributed by atoms with Crippen molar-refractivity contribution >= 4 is 33.7 Å². The highest BCUT2D eigenvalue weighted by Gasteiger charge is 2.32. The van der Waals surface area contributed by atoms with Crippen LogP contribution in [0.15, 0.2) is 61.3 Å². The van der Waals surface area contributed by atoms with Gasteiger partial charge in [0.15, 0.2) is 11.4 Å². The van der Waals surface area contributed by atoms with Gasteiger partial charge >= 0.3 is 0 Å². The first kappa shape index (κ1) is 20.8. The molecule has 2 aliphatic rings. The quantitative estimate of drug-likeness (QED) is 0.406. The van der Waals surface area contributed by atoms with Gasteiger partial charge in [0.05, 0.1) is 41.5 Å². The molecule has 2 aliphatic heterocycles. The van der Waals surface area contributed by atoms with Crippen LogP contribution in [0.2, 0.25) is 0 Å². The fourth-order valence-corrected chi connectivity index (χ4v) is 4.65. The highest BCUT2D eigenvalue weighted by Crippen LogP contribution is 2.43. The van der Waals surface area contributed by atoms with Gasteiger partial charge in [-0.25, -0.2) is 23.9 Å². The van der Waals surface area contributed by atoms with Crippen molar-refractivity contribution in [1.29, 1.82) is 0 Å². The van der Waals surface area contributed by atoms with Gasteiger partial charge in [-0.1, -0.05) is 0 Å². The predicted molar refractivity (Wildman–Crippen MR) is 130 cm³/mol. The minimum Gasteiger partial charge on any atom is -0.488 e. The average molecular weight is 485 g/mol. The number of rotatable bonds is 4. The van der Waals surface area contributed by atoms with Gasteiger partial charge in [-0.05, 0) is 30.3 Å². The zero-order valence-corrected chi connectivity index (χ0v) is 19.0. The molecule has 0 bridgehead atoms. The number of halogens is 1. The number of morpholine rings is 1. The first-order valence-electron chi connectivity index (χ1n) is 11.5. The Morgan fingerprint density at radius 1 is 1.00 bits per heavy atom. The first-order valence-corrected chi connectivity index (χ1v) is 11.5. The summed E-state index contributed by atoms with van der Waals surface area (Å²) in [6, 6.07) is 12.2. The lowest BCUT2D eigenvalue weighted by molar-refractivity contribution is 0.0709. The Hall–Kier alpha value is -4.51. The average Bonchev–Trinajstić information content (AvgIpc) is 3.38. The molecular weight excluding hydrogens is 465 g/mol. The summed E-state index contributed by atoms with van der Waals surface area (Å²) in [5, 5.41) is 7.89. The molecule has 0 saturated carbocycles. The lowest BCUT2D eigenvalue weighted by Gasteiger charge is -2.41. The monoisotopic (exact) mass is 485 g/mol. The molecule has 10 nitrogen and oxygen atoms in total. The Kier molecular flexibility index (Phi) is 4.81. The van der Waals surface area contributed by atoms with Gasteiger partial charge in [-0.2, -0.15) is 5.10 Å². The number of anilines is 3. The van der Waals surface area contributed by atoms with E-state index in [0.717, 1.165) is 12.2 Å². The summed E-state index contributed by atoms with van der Waals surface area (Å²) >= 11 is 0. The number of aromatic nitrogens is 5. The molecule has 0 aliphatic carbocycles. The summed E-state index contributed by atoms with van der Waals surface area (Å²) in [5.41, 5.74) is 2.57. The zero-order valence-electron chi connectivity index (χ0n) is 19.0. The molecule has 5 heterocycles. The molecule has 0 spiro atoms. The van der Waals surface area contributed by atoms with Crippen LogP contribution in [-0.4, -0.2) is 57.0 Å². The molecule has 5 aromatic rings. The number of nitrogens with one attached hydrogen (secondary N) is 1. The van der Waals surface area contributed by atoms with Crippen LogP contribution in [0.1, 0.15) is 0 Å². The first-order chi connectivity index (χ1) is 17.7. The Morgan fingerprint density at radius 2 is 1.94 bits per heavy atom. The number of pyridine rings is 1. The maximum Gasteiger partial charge on any atom is 0.158 e. The predicted octanol–water partition coefficient (Wildman–Crippen LogP) is 3.95. The third-order valence-corrected chi connectivity index (χ3v) is 6.37. The smallest absolute Gasteiger partial charge is 0.158 e. The SMILES string of the molecule is Fc1cc(Oc2ccn3ncnc3c2)ccc1Nc1ncnc2ccc3c(c12)OCC1COCCN31. The molecular formula is C25H20FN7O3. The van der Waals surface area contributed by atoms with E-state index in [2.05, 4.69) is 30.3 Å². The van der Waals surface area contributed by atoms with Crippen molar-refractivity contribution in [2.45, 2.75) is 6.04 Å². The highest BCUT2D eigenvalue weighted by molar-refractivity contribution is 6.00. The van der Waals surface area contributed by atoms with Gasteiger partial charge in [0, 0.05) is 24.9 Å². The van der Waals surface area contributed by atoms with Gasteiger partial charge in [0.1, 0.15) is 42.4 Å². The fraction of sp³-hybridized carbons (Fsp3) is 0.200. The van der Waals surface area contributed by atoms with Gasteiger partial charge in [0.2, 0.25) is 0 Å². The minimum absolute atomic E-state index is 0.167. The lowest BCUT2D eigenvalue weighted by atomic mass is 10.1. The van der Waals surface area contributed by atoms with Gasteiger partial charge in [-0.3, -0.25) is 0 Å². The van der Waals surface area contributed by atoms with Crippen LogP contribution >= 0.6 is 0 Å². The van der Waals surface area contributed by atoms with Crippen molar-refractivity contribution < 1.29 is 18.6 Å². The van der Waals surface area contributed by atoms with E-state index >= 15 is 4.39 Å². The second kappa shape index (κ2) is 8.31. The molecule has 0 radical (unpaired) electrons. The van der Waals surface area contributed by atoms with E-state index in [-0.39, 0.29) is 11.7 Å². The maximum atomic E-state index is 15.1. The van der Waals surface area contributed by atoms with Crippen LogP contribution in [-0.2, 0) is 4.74 Å². The van der Waals surface area contributed by atoms with Crippen molar-refractivity contribution in [3.63, 3.8) is 0 Å². The van der Waals surface area contributed by atoms with E-state index in [1.165, 1.54) is 18.7 Å². The van der Waals surface area contributed by atoms with Crippen molar-refractivity contribution in [2.75, 3.05) is 36.6 Å². The standard InChI is InChI=1S/C25H20FN7O3/c26-18-9-16(36-17-5-6-33-22(10-17)28-14-30-33)1-2-19(18)31-25-23-20(27-13-29-25)3-4-21-24(23)35-12-15-11-34-8-7-32(15)21/h1-6,9-10,13-15H,7-8,11-12H2,(H,27,29,31). The molecule has 180 valence electrons. The molecule has 1 atom stereocenters. The summed E-state index contributed by atoms with van der Waals surface area (Å²) < 4.78 is 34.3. The van der Waals surface area contributed by atoms with Crippen LogP contribution in [0, 0.1) is 5.82 Å². The second-order valence-electron chi connectivity index (χ2n) is 8.56. The summed E-state index contributed by atoms with van der Waals surface area (Å²) in [5.74, 6) is 1.56. The maximum absolute atomic E-state index is 15.1.